The predicted molar refractivity (Wildman–Crippen MR) is 188 cm³/mol. The van der Waals surface area contributed by atoms with Gasteiger partial charge < -0.3 is 25.2 Å². The van der Waals surface area contributed by atoms with Gasteiger partial charge in [0.2, 0.25) is 23.5 Å². The lowest BCUT2D eigenvalue weighted by molar-refractivity contribution is -0.144. The summed E-state index contributed by atoms with van der Waals surface area (Å²) in [5, 5.41) is 5.45. The highest BCUT2D eigenvalue weighted by molar-refractivity contribution is 6.38. The minimum Gasteiger partial charge on any atom is -0.444 e. The first kappa shape index (κ1) is 40.3. The monoisotopic (exact) mass is 696 g/mol. The molecule has 1 aliphatic heterocycles. The molecule has 12 nitrogen and oxygen atoms in total. The number of Topliss-reactive ketones (excluding diaryl/α,β-unsaturated/α-hetero) is 3. The van der Waals surface area contributed by atoms with E-state index in [-0.39, 0.29) is 42.3 Å². The molecule has 1 aliphatic carbocycles. The predicted octanol–water partition coefficient (Wildman–Crippen LogP) is 4.26. The zero-order valence-corrected chi connectivity index (χ0v) is 31.3. The molecule has 1 heterocycles. The first-order valence-electron chi connectivity index (χ1n) is 17.6. The summed E-state index contributed by atoms with van der Waals surface area (Å²) in [6.07, 6.45) is 0.321. The van der Waals surface area contributed by atoms with Crippen molar-refractivity contribution in [1.82, 2.24) is 20.4 Å². The van der Waals surface area contributed by atoms with E-state index >= 15 is 0 Å². The van der Waals surface area contributed by atoms with E-state index in [1.807, 2.05) is 27.7 Å². The number of carbonyl (C=O) groups excluding carboxylic acids is 7. The lowest BCUT2D eigenvalue weighted by Gasteiger charge is -2.37. The highest BCUT2D eigenvalue weighted by atomic mass is 16.6. The van der Waals surface area contributed by atoms with E-state index in [1.54, 1.807) is 65.2 Å². The maximum absolute atomic E-state index is 14.0. The number of fused-ring (bicyclic) bond motifs is 1. The molecule has 12 heteroatoms. The molecule has 1 aromatic rings. The van der Waals surface area contributed by atoms with Crippen molar-refractivity contribution in [3.05, 3.63) is 35.9 Å². The van der Waals surface area contributed by atoms with Gasteiger partial charge in [-0.1, -0.05) is 71.4 Å². The number of rotatable bonds is 15. The van der Waals surface area contributed by atoms with Crippen LogP contribution in [0.3, 0.4) is 0 Å². The van der Waals surface area contributed by atoms with Crippen molar-refractivity contribution < 1.29 is 38.3 Å². The Morgan fingerprint density at radius 2 is 1.56 bits per heavy atom. The molecule has 7 atom stereocenters. The maximum atomic E-state index is 14.0. The fourth-order valence-electron chi connectivity index (χ4n) is 6.56. The van der Waals surface area contributed by atoms with Crippen LogP contribution in [0.4, 0.5) is 4.79 Å². The third-order valence-corrected chi connectivity index (χ3v) is 9.31. The molecule has 1 saturated heterocycles. The van der Waals surface area contributed by atoms with E-state index < -0.39 is 64.5 Å². The van der Waals surface area contributed by atoms with Gasteiger partial charge in [0.15, 0.2) is 11.6 Å². The molecule has 3 rings (SSSR count). The molecular formula is C38H56N4O8. The fourth-order valence-corrected chi connectivity index (χ4v) is 6.56. The number of hydrogen-bond donors (Lipinski definition) is 2. The molecule has 0 aromatic heterocycles. The standard InChI is InChI=1S/C38H56N4O8/c1-11-15-24(31(45)28(44)18-22(2)33(46)39-29(34(47)41(9)10)23-16-13-12-14-17-23)20-27(43)30-26-19-25(26)21-42(30)35(48)32(37(3,4)5)40-36(49)50-38(6,7)8/h12-14,16-17,22,24-26,29-30,32H,11,15,18-21H2,1-10H3,(H,39,46)(H,40,49)/t22-,24?,25+,26+,29+,30+,32-/m1/s1. The highest BCUT2D eigenvalue weighted by Gasteiger charge is 2.58. The number of ketones is 3. The maximum Gasteiger partial charge on any atom is 0.408 e. The van der Waals surface area contributed by atoms with Crippen LogP contribution in [0.25, 0.3) is 0 Å². The second-order valence-electron chi connectivity index (χ2n) is 16.2. The van der Waals surface area contributed by atoms with E-state index in [2.05, 4.69) is 10.6 Å². The van der Waals surface area contributed by atoms with E-state index in [1.165, 1.54) is 16.7 Å². The zero-order chi connectivity index (χ0) is 37.7. The second-order valence-corrected chi connectivity index (χ2v) is 16.2. The van der Waals surface area contributed by atoms with Crippen LogP contribution in [0, 0.1) is 29.1 Å². The summed E-state index contributed by atoms with van der Waals surface area (Å²) in [6.45, 7) is 14.4. The smallest absolute Gasteiger partial charge is 0.408 e. The summed E-state index contributed by atoms with van der Waals surface area (Å²) in [4.78, 5) is 96.4. The van der Waals surface area contributed by atoms with Crippen molar-refractivity contribution in [2.75, 3.05) is 20.6 Å². The number of likely N-dealkylation sites (tertiary alicyclic amines) is 1. The van der Waals surface area contributed by atoms with Crippen LogP contribution in [-0.2, 0) is 33.5 Å². The van der Waals surface area contributed by atoms with Crippen molar-refractivity contribution >= 4 is 41.2 Å². The van der Waals surface area contributed by atoms with Crippen LogP contribution in [0.15, 0.2) is 30.3 Å². The normalized spacial score (nSPS) is 20.8. The zero-order valence-electron chi connectivity index (χ0n) is 31.3. The molecule has 2 N–H and O–H groups in total. The number of benzene rings is 1. The topological polar surface area (TPSA) is 159 Å². The molecular weight excluding hydrogens is 640 g/mol. The van der Waals surface area contributed by atoms with Gasteiger partial charge in [0.25, 0.3) is 0 Å². The van der Waals surface area contributed by atoms with Gasteiger partial charge in [-0.2, -0.15) is 0 Å². The van der Waals surface area contributed by atoms with Crippen LogP contribution in [0.1, 0.15) is 99.1 Å². The van der Waals surface area contributed by atoms with Crippen LogP contribution in [0.5, 0.6) is 0 Å². The van der Waals surface area contributed by atoms with E-state index in [0.29, 0.717) is 24.9 Å². The first-order valence-corrected chi connectivity index (χ1v) is 17.6. The van der Waals surface area contributed by atoms with Gasteiger partial charge in [0.1, 0.15) is 17.7 Å². The summed E-state index contributed by atoms with van der Waals surface area (Å²) >= 11 is 0. The van der Waals surface area contributed by atoms with Crippen LogP contribution in [0.2, 0.25) is 0 Å². The second kappa shape index (κ2) is 16.3. The summed E-state index contributed by atoms with van der Waals surface area (Å²) in [5.74, 6) is -4.71. The van der Waals surface area contributed by atoms with Gasteiger partial charge in [0.05, 0.1) is 6.04 Å². The van der Waals surface area contributed by atoms with E-state index in [0.717, 1.165) is 6.42 Å². The number of carbonyl (C=O) groups is 7. The van der Waals surface area contributed by atoms with Crippen LogP contribution < -0.4 is 10.6 Å². The Labute approximate surface area is 296 Å². The number of likely N-dealkylation sites (N-methyl/N-ethyl adjacent to an activating group) is 1. The fraction of sp³-hybridized carbons (Fsp3) is 0.658. The molecule has 1 saturated carbocycles. The summed E-state index contributed by atoms with van der Waals surface area (Å²) in [6, 6.07) is 6.08. The lowest BCUT2D eigenvalue weighted by atomic mass is 9.84. The van der Waals surface area contributed by atoms with Gasteiger partial charge in [0, 0.05) is 45.3 Å². The number of nitrogens with zero attached hydrogens (tertiary/aromatic N) is 2. The quantitative estimate of drug-likeness (QED) is 0.258. The Kier molecular flexibility index (Phi) is 13.1. The summed E-state index contributed by atoms with van der Waals surface area (Å²) in [7, 11) is 3.17. The van der Waals surface area contributed by atoms with Crippen molar-refractivity contribution in [3.8, 4) is 0 Å². The van der Waals surface area contributed by atoms with Crippen LogP contribution >= 0.6 is 0 Å². The summed E-state index contributed by atoms with van der Waals surface area (Å²) in [5.41, 5.74) is -0.869. The Morgan fingerprint density at radius 1 is 0.940 bits per heavy atom. The number of nitrogens with one attached hydrogen (secondary N) is 2. The van der Waals surface area contributed by atoms with E-state index in [4.69, 9.17) is 4.74 Å². The average molecular weight is 697 g/mol. The number of hydrogen-bond acceptors (Lipinski definition) is 8. The van der Waals surface area contributed by atoms with Crippen molar-refractivity contribution in [1.29, 1.82) is 0 Å². The average Bonchev–Trinajstić information content (AvgIpc) is 3.68. The van der Waals surface area contributed by atoms with Crippen molar-refractivity contribution in [3.63, 3.8) is 0 Å². The van der Waals surface area contributed by atoms with Crippen molar-refractivity contribution in [2.24, 2.45) is 29.1 Å². The SMILES string of the molecule is CCCC(CC(=O)[C@@H]1[C@H]2C[C@H]2CN1C(=O)[C@@H](NC(=O)OC(C)(C)C)C(C)(C)C)C(=O)C(=O)C[C@@H](C)C(=O)N[C@H](C(=O)N(C)C)c1ccccc1. The third-order valence-electron chi connectivity index (χ3n) is 9.31. The van der Waals surface area contributed by atoms with E-state index in [9.17, 15) is 33.6 Å². The molecule has 0 spiro atoms. The van der Waals surface area contributed by atoms with Crippen molar-refractivity contribution in [2.45, 2.75) is 111 Å². The Balaban J connectivity index is 1.71. The highest BCUT2D eigenvalue weighted by Crippen LogP contribution is 2.50. The molecule has 1 unspecified atom stereocenters. The number of amides is 4. The van der Waals surface area contributed by atoms with Gasteiger partial charge in [-0.3, -0.25) is 28.8 Å². The minimum absolute atomic E-state index is 0.0344. The Morgan fingerprint density at radius 3 is 2.10 bits per heavy atom. The van der Waals surface area contributed by atoms with Gasteiger partial charge >= 0.3 is 6.09 Å². The van der Waals surface area contributed by atoms with Gasteiger partial charge in [-0.05, 0) is 56.4 Å². The van der Waals surface area contributed by atoms with Gasteiger partial charge in [-0.25, -0.2) is 4.79 Å². The number of ether oxygens (including phenoxy) is 1. The third kappa shape index (κ3) is 10.5. The molecule has 1 aromatic carbocycles. The summed E-state index contributed by atoms with van der Waals surface area (Å²) < 4.78 is 5.41. The molecule has 276 valence electrons. The molecule has 50 heavy (non-hydrogen) atoms. The van der Waals surface area contributed by atoms with Gasteiger partial charge in [-0.15, -0.1) is 0 Å². The number of alkyl carbamates (subject to hydrolysis) is 1. The largest absolute Gasteiger partial charge is 0.444 e. The first-order chi connectivity index (χ1) is 23.2. The minimum atomic E-state index is -0.960. The Hall–Kier alpha value is -4.09. The van der Waals surface area contributed by atoms with Crippen LogP contribution in [-0.4, -0.2) is 89.3 Å². The molecule has 4 amide bonds. The Bertz CT molecular complexity index is 1440. The molecule has 2 aliphatic rings. The lowest BCUT2D eigenvalue weighted by Crippen LogP contribution is -2.58. The number of piperidine rings is 1. The molecule has 0 bridgehead atoms. The molecule has 2 fully saturated rings. The molecule has 0 radical (unpaired) electrons.